The number of benzene rings is 2. The first-order valence-corrected chi connectivity index (χ1v) is 14.3. The lowest BCUT2D eigenvalue weighted by Crippen LogP contribution is -2.52. The summed E-state index contributed by atoms with van der Waals surface area (Å²) in [6.45, 7) is 3.85. The van der Waals surface area contributed by atoms with E-state index >= 15 is 0 Å². The van der Waals surface area contributed by atoms with Crippen LogP contribution in [0.15, 0.2) is 54.6 Å². The van der Waals surface area contributed by atoms with Crippen LogP contribution >= 0.6 is 11.3 Å². The van der Waals surface area contributed by atoms with Gasteiger partial charge in [0.05, 0.1) is 27.5 Å². The summed E-state index contributed by atoms with van der Waals surface area (Å²) in [4.78, 5) is 21.9. The molecule has 0 unspecified atom stereocenters. The van der Waals surface area contributed by atoms with Crippen LogP contribution in [-0.4, -0.2) is 79.2 Å². The molecule has 1 atom stereocenters. The summed E-state index contributed by atoms with van der Waals surface area (Å²) in [6.07, 6.45) is 2.04. The zero-order valence-corrected chi connectivity index (χ0v) is 20.8. The van der Waals surface area contributed by atoms with Crippen molar-refractivity contribution in [1.29, 1.82) is 0 Å². The molecule has 0 radical (unpaired) electrons. The molecule has 1 amide bonds. The highest BCUT2D eigenvalue weighted by Crippen LogP contribution is 2.33. The number of carbonyl (C=O) groups is 1. The molecule has 9 heteroatoms. The Morgan fingerprint density at radius 1 is 0.971 bits per heavy atom. The number of fused-ring (bicyclic) bond motifs is 1. The van der Waals surface area contributed by atoms with Crippen molar-refractivity contribution in [3.8, 4) is 0 Å². The number of para-hydroxylation sites is 1. The number of nitrogens with zero attached hydrogens (tertiary/aromatic N) is 4. The van der Waals surface area contributed by atoms with Crippen LogP contribution in [0.1, 0.15) is 29.3 Å². The van der Waals surface area contributed by atoms with E-state index in [0.29, 0.717) is 39.3 Å². The summed E-state index contributed by atoms with van der Waals surface area (Å²) in [5.41, 5.74) is 1.83. The average molecular weight is 499 g/mol. The fraction of sp³-hybridized carbons (Fsp3) is 0.440. The second-order valence-corrected chi connectivity index (χ2v) is 12.1. The number of amides is 1. The molecule has 7 nitrogen and oxygen atoms in total. The van der Waals surface area contributed by atoms with E-state index in [2.05, 4.69) is 11.0 Å². The lowest BCUT2D eigenvalue weighted by atomic mass is 9.98. The second-order valence-electron chi connectivity index (χ2n) is 9.12. The first kappa shape index (κ1) is 23.4. The second kappa shape index (κ2) is 10.1. The van der Waals surface area contributed by atoms with E-state index < -0.39 is 10.0 Å². The standard InChI is InChI=1S/C25H30N4O3S2/c30-24(28-12-6-9-21(17-28)25-26-22-10-4-5-11-23(22)33-25)18-27-13-15-29(16-14-27)34(31,32)19-20-7-2-1-3-8-20/h1-5,7-8,10-11,21H,6,9,12-19H2/t21-/m1/s1. The van der Waals surface area contributed by atoms with Gasteiger partial charge < -0.3 is 4.90 Å². The Morgan fingerprint density at radius 3 is 2.47 bits per heavy atom. The van der Waals surface area contributed by atoms with Crippen molar-refractivity contribution in [1.82, 2.24) is 19.1 Å². The minimum Gasteiger partial charge on any atom is -0.341 e. The quantitative estimate of drug-likeness (QED) is 0.522. The fourth-order valence-corrected chi connectivity index (χ4v) is 7.41. The third-order valence-corrected chi connectivity index (χ3v) is 9.76. The maximum atomic E-state index is 13.1. The van der Waals surface area contributed by atoms with Gasteiger partial charge >= 0.3 is 0 Å². The van der Waals surface area contributed by atoms with E-state index in [4.69, 9.17) is 4.98 Å². The van der Waals surface area contributed by atoms with Crippen molar-refractivity contribution < 1.29 is 13.2 Å². The zero-order chi connectivity index (χ0) is 23.5. The molecule has 34 heavy (non-hydrogen) atoms. The molecule has 0 aliphatic carbocycles. The SMILES string of the molecule is O=C(CN1CCN(S(=O)(=O)Cc2ccccc2)CC1)N1CCC[C@@H](c2nc3ccccc3s2)C1. The first-order chi connectivity index (χ1) is 16.5. The number of likely N-dealkylation sites (tertiary alicyclic amines) is 1. The van der Waals surface area contributed by atoms with Gasteiger partial charge in [0.2, 0.25) is 15.9 Å². The average Bonchev–Trinajstić information content (AvgIpc) is 3.29. The molecule has 0 N–H and O–H groups in total. The van der Waals surface area contributed by atoms with Gasteiger partial charge in [0, 0.05) is 45.2 Å². The Balaban J connectivity index is 1.14. The third kappa shape index (κ3) is 5.33. The number of piperazine rings is 1. The number of piperidine rings is 1. The minimum absolute atomic E-state index is 0.0215. The summed E-state index contributed by atoms with van der Waals surface area (Å²) < 4.78 is 28.3. The van der Waals surface area contributed by atoms with Crippen molar-refractivity contribution in [2.75, 3.05) is 45.8 Å². The van der Waals surface area contributed by atoms with Crippen molar-refractivity contribution in [3.05, 3.63) is 65.2 Å². The van der Waals surface area contributed by atoms with E-state index in [-0.39, 0.29) is 17.6 Å². The van der Waals surface area contributed by atoms with Crippen LogP contribution < -0.4 is 0 Å². The van der Waals surface area contributed by atoms with Crippen LogP contribution in [0.2, 0.25) is 0 Å². The summed E-state index contributed by atoms with van der Waals surface area (Å²) in [6, 6.07) is 17.5. The molecule has 2 aromatic carbocycles. The number of rotatable bonds is 6. The van der Waals surface area contributed by atoms with Gasteiger partial charge in [-0.15, -0.1) is 11.3 Å². The lowest BCUT2D eigenvalue weighted by Gasteiger charge is -2.36. The molecule has 2 aliphatic heterocycles. The monoisotopic (exact) mass is 498 g/mol. The largest absolute Gasteiger partial charge is 0.341 e. The number of hydrogen-bond donors (Lipinski definition) is 0. The fourth-order valence-electron chi connectivity index (χ4n) is 4.80. The normalized spacial score (nSPS) is 20.6. The van der Waals surface area contributed by atoms with Gasteiger partial charge in [-0.3, -0.25) is 9.69 Å². The molecule has 1 aromatic heterocycles. The van der Waals surface area contributed by atoms with Gasteiger partial charge in [0.15, 0.2) is 0 Å². The Kier molecular flexibility index (Phi) is 6.96. The van der Waals surface area contributed by atoms with Gasteiger partial charge in [-0.1, -0.05) is 42.5 Å². The van der Waals surface area contributed by atoms with Gasteiger partial charge in [-0.05, 0) is 30.5 Å². The minimum atomic E-state index is -3.35. The topological polar surface area (TPSA) is 73.8 Å². The maximum Gasteiger partial charge on any atom is 0.236 e. The van der Waals surface area contributed by atoms with E-state index in [1.807, 2.05) is 53.4 Å². The Bertz CT molecular complexity index is 1200. The third-order valence-electron chi connectivity index (χ3n) is 6.71. The van der Waals surface area contributed by atoms with Crippen LogP contribution in [0, 0.1) is 0 Å². The number of aromatic nitrogens is 1. The molecule has 0 saturated carbocycles. The zero-order valence-electron chi connectivity index (χ0n) is 19.2. The van der Waals surface area contributed by atoms with Crippen LogP contribution in [0.25, 0.3) is 10.2 Å². The summed E-state index contributed by atoms with van der Waals surface area (Å²) in [5.74, 6) is 0.440. The molecule has 3 aromatic rings. The predicted molar refractivity (Wildman–Crippen MR) is 135 cm³/mol. The highest BCUT2D eigenvalue weighted by atomic mass is 32.2. The maximum absolute atomic E-state index is 13.1. The van der Waals surface area contributed by atoms with E-state index in [1.54, 1.807) is 15.6 Å². The van der Waals surface area contributed by atoms with E-state index in [1.165, 1.54) is 4.70 Å². The van der Waals surface area contributed by atoms with E-state index in [9.17, 15) is 13.2 Å². The molecule has 5 rings (SSSR count). The number of sulfonamides is 1. The number of hydrogen-bond acceptors (Lipinski definition) is 6. The van der Waals surface area contributed by atoms with Crippen LogP contribution in [0.4, 0.5) is 0 Å². The molecule has 2 aliphatic rings. The van der Waals surface area contributed by atoms with Crippen LogP contribution in [0.3, 0.4) is 0 Å². The van der Waals surface area contributed by atoms with Crippen LogP contribution in [-0.2, 0) is 20.6 Å². The Morgan fingerprint density at radius 2 is 1.71 bits per heavy atom. The Labute approximate surface area is 205 Å². The molecule has 0 bridgehead atoms. The molecule has 2 fully saturated rings. The van der Waals surface area contributed by atoms with Gasteiger partial charge in [-0.25, -0.2) is 13.4 Å². The highest BCUT2D eigenvalue weighted by Gasteiger charge is 2.31. The summed E-state index contributed by atoms with van der Waals surface area (Å²) >= 11 is 1.73. The highest BCUT2D eigenvalue weighted by molar-refractivity contribution is 7.88. The van der Waals surface area contributed by atoms with Crippen LogP contribution in [0.5, 0.6) is 0 Å². The first-order valence-electron chi connectivity index (χ1n) is 11.9. The molecular formula is C25H30N4O3S2. The molecular weight excluding hydrogens is 468 g/mol. The van der Waals surface area contributed by atoms with Crippen molar-refractivity contribution in [3.63, 3.8) is 0 Å². The molecule has 180 valence electrons. The van der Waals surface area contributed by atoms with Crippen molar-refractivity contribution >= 4 is 37.5 Å². The smallest absolute Gasteiger partial charge is 0.236 e. The molecule has 0 spiro atoms. The van der Waals surface area contributed by atoms with Gasteiger partial charge in [0.25, 0.3) is 0 Å². The summed E-state index contributed by atoms with van der Waals surface area (Å²) in [5, 5.41) is 1.12. The molecule has 2 saturated heterocycles. The van der Waals surface area contributed by atoms with Crippen molar-refractivity contribution in [2.24, 2.45) is 0 Å². The summed E-state index contributed by atoms with van der Waals surface area (Å²) in [7, 11) is -3.35. The number of carbonyl (C=O) groups excluding carboxylic acids is 1. The van der Waals surface area contributed by atoms with E-state index in [0.717, 1.165) is 35.5 Å². The number of thiazole rings is 1. The predicted octanol–water partition coefficient (Wildman–Crippen LogP) is 3.15. The van der Waals surface area contributed by atoms with Crippen molar-refractivity contribution in [2.45, 2.75) is 24.5 Å². The Hall–Kier alpha value is -2.33. The van der Waals surface area contributed by atoms with Gasteiger partial charge in [0.1, 0.15) is 0 Å². The molecule has 3 heterocycles. The van der Waals surface area contributed by atoms with Gasteiger partial charge in [-0.2, -0.15) is 4.31 Å². The lowest BCUT2D eigenvalue weighted by molar-refractivity contribution is -0.133.